The van der Waals surface area contributed by atoms with Crippen LogP contribution >= 0.6 is 15.9 Å². The summed E-state index contributed by atoms with van der Waals surface area (Å²) >= 11 is 3.61. The number of hydrogen-bond donors (Lipinski definition) is 1. The van der Waals surface area contributed by atoms with Crippen LogP contribution in [-0.2, 0) is 5.41 Å². The van der Waals surface area contributed by atoms with Crippen molar-refractivity contribution < 1.29 is 0 Å². The van der Waals surface area contributed by atoms with Crippen molar-refractivity contribution in [3.63, 3.8) is 0 Å². The fraction of sp³-hybridized carbons (Fsp3) is 0.647. The molecule has 0 heterocycles. The molecule has 1 rings (SSSR count). The Balaban J connectivity index is 2.74. The van der Waals surface area contributed by atoms with E-state index in [1.807, 2.05) is 0 Å². The van der Waals surface area contributed by atoms with Crippen LogP contribution < -0.4 is 5.32 Å². The van der Waals surface area contributed by atoms with Gasteiger partial charge in [0.15, 0.2) is 0 Å². The third-order valence-corrected chi connectivity index (χ3v) is 4.57. The molecule has 0 aromatic heterocycles. The summed E-state index contributed by atoms with van der Waals surface area (Å²) in [7, 11) is 0. The SMILES string of the molecule is Cc1cc(C(C)(C)CCNCC(C)C)c(C)cc1Br. The van der Waals surface area contributed by atoms with E-state index in [1.54, 1.807) is 0 Å². The van der Waals surface area contributed by atoms with Crippen LogP contribution in [-0.4, -0.2) is 13.1 Å². The molecule has 0 radical (unpaired) electrons. The predicted octanol–water partition coefficient (Wildman–Crippen LogP) is 4.98. The van der Waals surface area contributed by atoms with E-state index in [4.69, 9.17) is 0 Å². The van der Waals surface area contributed by atoms with Crippen LogP contribution in [0.15, 0.2) is 16.6 Å². The minimum absolute atomic E-state index is 0.222. The van der Waals surface area contributed by atoms with E-state index in [0.717, 1.165) is 19.0 Å². The van der Waals surface area contributed by atoms with Crippen molar-refractivity contribution in [1.29, 1.82) is 0 Å². The Kier molecular flexibility index (Phi) is 6.07. The van der Waals surface area contributed by atoms with Crippen LogP contribution in [0, 0.1) is 19.8 Å². The summed E-state index contributed by atoms with van der Waals surface area (Å²) in [5, 5.41) is 3.55. The zero-order valence-electron chi connectivity index (χ0n) is 13.2. The first-order valence-corrected chi connectivity index (χ1v) is 8.01. The van der Waals surface area contributed by atoms with Crippen LogP contribution in [0.3, 0.4) is 0 Å². The molecule has 0 saturated heterocycles. The summed E-state index contributed by atoms with van der Waals surface area (Å²) in [6.07, 6.45) is 1.17. The van der Waals surface area contributed by atoms with Gasteiger partial charge in [-0.2, -0.15) is 0 Å². The molecule has 0 atom stereocenters. The molecule has 0 fully saturated rings. The van der Waals surface area contributed by atoms with E-state index in [9.17, 15) is 0 Å². The third kappa shape index (κ3) is 4.92. The fourth-order valence-electron chi connectivity index (χ4n) is 2.44. The Bertz CT molecular complexity index is 422. The molecule has 0 unspecified atom stereocenters. The first kappa shape index (κ1) is 16.7. The second-order valence-corrected chi connectivity index (χ2v) is 7.50. The third-order valence-electron chi connectivity index (χ3n) is 3.71. The average Bonchev–Trinajstić information content (AvgIpc) is 2.29. The quantitative estimate of drug-likeness (QED) is 0.727. The van der Waals surface area contributed by atoms with Crippen LogP contribution in [0.5, 0.6) is 0 Å². The number of benzene rings is 1. The van der Waals surface area contributed by atoms with E-state index in [1.165, 1.54) is 27.6 Å². The van der Waals surface area contributed by atoms with Crippen LogP contribution in [0.4, 0.5) is 0 Å². The van der Waals surface area contributed by atoms with Gasteiger partial charge in [-0.15, -0.1) is 0 Å². The molecular weight excluding hydrogens is 298 g/mol. The zero-order chi connectivity index (χ0) is 14.6. The highest BCUT2D eigenvalue weighted by atomic mass is 79.9. The molecule has 0 amide bonds. The van der Waals surface area contributed by atoms with Gasteiger partial charge in [-0.05, 0) is 67.4 Å². The highest BCUT2D eigenvalue weighted by Crippen LogP contribution is 2.32. The summed E-state index contributed by atoms with van der Waals surface area (Å²) in [4.78, 5) is 0. The summed E-state index contributed by atoms with van der Waals surface area (Å²) in [5.74, 6) is 0.722. The zero-order valence-corrected chi connectivity index (χ0v) is 14.8. The van der Waals surface area contributed by atoms with Gasteiger partial charge in [0, 0.05) is 4.47 Å². The Labute approximate surface area is 127 Å². The minimum Gasteiger partial charge on any atom is -0.316 e. The molecule has 1 aromatic rings. The fourth-order valence-corrected chi connectivity index (χ4v) is 2.89. The molecule has 0 aliphatic heterocycles. The Morgan fingerprint density at radius 3 is 2.37 bits per heavy atom. The van der Waals surface area contributed by atoms with E-state index < -0.39 is 0 Å². The lowest BCUT2D eigenvalue weighted by molar-refractivity contribution is 0.440. The topological polar surface area (TPSA) is 12.0 Å². The molecule has 1 aromatic carbocycles. The normalized spacial score (nSPS) is 12.2. The van der Waals surface area contributed by atoms with E-state index in [0.29, 0.717) is 0 Å². The predicted molar refractivity (Wildman–Crippen MR) is 89.0 cm³/mol. The van der Waals surface area contributed by atoms with Crippen molar-refractivity contribution in [2.24, 2.45) is 5.92 Å². The number of hydrogen-bond acceptors (Lipinski definition) is 1. The Morgan fingerprint density at radius 2 is 1.79 bits per heavy atom. The molecule has 0 saturated carbocycles. The molecule has 0 aliphatic rings. The van der Waals surface area contributed by atoms with Gasteiger partial charge < -0.3 is 5.32 Å². The maximum Gasteiger partial charge on any atom is 0.0207 e. The average molecular weight is 326 g/mol. The first-order chi connectivity index (χ1) is 8.74. The van der Waals surface area contributed by atoms with Crippen molar-refractivity contribution in [3.8, 4) is 0 Å². The van der Waals surface area contributed by atoms with E-state index in [-0.39, 0.29) is 5.41 Å². The van der Waals surface area contributed by atoms with Crippen molar-refractivity contribution in [3.05, 3.63) is 33.3 Å². The number of nitrogens with one attached hydrogen (secondary N) is 1. The minimum atomic E-state index is 0.222. The summed E-state index contributed by atoms with van der Waals surface area (Å²) in [6.45, 7) is 15.8. The number of halogens is 1. The van der Waals surface area contributed by atoms with Crippen LogP contribution in [0.25, 0.3) is 0 Å². The molecule has 0 spiro atoms. The lowest BCUT2D eigenvalue weighted by Gasteiger charge is -2.28. The maximum atomic E-state index is 3.61. The Hall–Kier alpha value is -0.340. The van der Waals surface area contributed by atoms with Gasteiger partial charge >= 0.3 is 0 Å². The second kappa shape index (κ2) is 6.90. The van der Waals surface area contributed by atoms with Gasteiger partial charge in [-0.1, -0.05) is 49.7 Å². The molecule has 0 aliphatic carbocycles. The van der Waals surface area contributed by atoms with Gasteiger partial charge in [-0.25, -0.2) is 0 Å². The van der Waals surface area contributed by atoms with Gasteiger partial charge in [0.05, 0.1) is 0 Å². The number of aryl methyl sites for hydroxylation is 2. The molecular formula is C17H28BrN. The standard InChI is InChI=1S/C17H28BrN/c1-12(2)11-19-8-7-17(5,6)15-9-14(4)16(18)10-13(15)3/h9-10,12,19H,7-8,11H2,1-6H3. The van der Waals surface area contributed by atoms with E-state index in [2.05, 4.69) is 74.9 Å². The van der Waals surface area contributed by atoms with Crippen LogP contribution in [0.2, 0.25) is 0 Å². The summed E-state index contributed by atoms with van der Waals surface area (Å²) in [6, 6.07) is 4.58. The lowest BCUT2D eigenvalue weighted by Crippen LogP contribution is -2.28. The highest BCUT2D eigenvalue weighted by Gasteiger charge is 2.22. The van der Waals surface area contributed by atoms with Gasteiger partial charge in [-0.3, -0.25) is 0 Å². The smallest absolute Gasteiger partial charge is 0.0207 e. The monoisotopic (exact) mass is 325 g/mol. The molecule has 2 heteroatoms. The van der Waals surface area contributed by atoms with E-state index >= 15 is 0 Å². The van der Waals surface area contributed by atoms with Crippen molar-refractivity contribution in [2.75, 3.05) is 13.1 Å². The van der Waals surface area contributed by atoms with Crippen molar-refractivity contribution in [1.82, 2.24) is 5.32 Å². The highest BCUT2D eigenvalue weighted by molar-refractivity contribution is 9.10. The molecule has 1 N–H and O–H groups in total. The van der Waals surface area contributed by atoms with Crippen LogP contribution in [0.1, 0.15) is 50.8 Å². The van der Waals surface area contributed by atoms with Gasteiger partial charge in [0.1, 0.15) is 0 Å². The second-order valence-electron chi connectivity index (χ2n) is 6.65. The Morgan fingerprint density at radius 1 is 1.16 bits per heavy atom. The number of rotatable bonds is 6. The molecule has 1 nitrogen and oxygen atoms in total. The molecule has 0 bridgehead atoms. The first-order valence-electron chi connectivity index (χ1n) is 7.22. The van der Waals surface area contributed by atoms with Crippen molar-refractivity contribution in [2.45, 2.75) is 53.4 Å². The summed E-state index contributed by atoms with van der Waals surface area (Å²) in [5.41, 5.74) is 4.40. The van der Waals surface area contributed by atoms with Gasteiger partial charge in [0.25, 0.3) is 0 Å². The molecule has 19 heavy (non-hydrogen) atoms. The molecule has 108 valence electrons. The maximum absolute atomic E-state index is 3.61. The largest absolute Gasteiger partial charge is 0.316 e. The van der Waals surface area contributed by atoms with Crippen molar-refractivity contribution >= 4 is 15.9 Å². The lowest BCUT2D eigenvalue weighted by atomic mass is 9.78. The summed E-state index contributed by atoms with van der Waals surface area (Å²) < 4.78 is 1.21. The van der Waals surface area contributed by atoms with Gasteiger partial charge in [0.2, 0.25) is 0 Å².